The van der Waals surface area contributed by atoms with E-state index in [1.807, 2.05) is 13.0 Å². The van der Waals surface area contributed by atoms with E-state index in [0.717, 1.165) is 5.56 Å². The van der Waals surface area contributed by atoms with E-state index in [1.165, 1.54) is 6.07 Å². The Kier molecular flexibility index (Phi) is 4.42. The Bertz CT molecular complexity index is 658. The maximum atomic E-state index is 13.4. The van der Waals surface area contributed by atoms with Crippen molar-refractivity contribution in [3.63, 3.8) is 0 Å². The van der Waals surface area contributed by atoms with Gasteiger partial charge in [-0.1, -0.05) is 29.8 Å². The maximum Gasteiger partial charge on any atom is 0.257 e. The molecule has 1 amide bonds. The number of hydrogen-bond acceptors (Lipinski definition) is 2. The zero-order valence-electron chi connectivity index (χ0n) is 10.8. The predicted octanol–water partition coefficient (Wildman–Crippen LogP) is 3.26. The number of hydrogen-bond donors (Lipinski definition) is 2. The molecule has 2 aromatic carbocycles. The van der Waals surface area contributed by atoms with Crippen molar-refractivity contribution in [2.45, 2.75) is 6.92 Å². The van der Waals surface area contributed by atoms with Crippen LogP contribution in [0.1, 0.15) is 15.9 Å². The molecule has 0 fully saturated rings. The van der Waals surface area contributed by atoms with Crippen molar-refractivity contribution in [3.8, 4) is 0 Å². The van der Waals surface area contributed by atoms with Crippen molar-refractivity contribution in [1.82, 2.24) is 5.32 Å². The van der Waals surface area contributed by atoms with E-state index < -0.39 is 5.82 Å². The number of anilines is 1. The summed E-state index contributed by atoms with van der Waals surface area (Å²) in [6.07, 6.45) is 0. The van der Waals surface area contributed by atoms with Gasteiger partial charge in [0.2, 0.25) is 0 Å². The van der Waals surface area contributed by atoms with Gasteiger partial charge in [0.15, 0.2) is 5.11 Å². The van der Waals surface area contributed by atoms with Gasteiger partial charge >= 0.3 is 0 Å². The first-order valence-corrected chi connectivity index (χ1v) is 6.40. The highest BCUT2D eigenvalue weighted by atomic mass is 32.1. The normalized spacial score (nSPS) is 9.90. The topological polar surface area (TPSA) is 41.1 Å². The third kappa shape index (κ3) is 3.61. The zero-order valence-corrected chi connectivity index (χ0v) is 11.6. The van der Waals surface area contributed by atoms with Gasteiger partial charge in [0.1, 0.15) is 5.82 Å². The van der Waals surface area contributed by atoms with E-state index in [-0.39, 0.29) is 16.7 Å². The minimum atomic E-state index is -0.431. The fourth-order valence-corrected chi connectivity index (χ4v) is 1.88. The second kappa shape index (κ2) is 6.25. The summed E-state index contributed by atoms with van der Waals surface area (Å²) in [4.78, 5) is 12.0. The standard InChI is InChI=1S/C15H13FN2OS/c1-10-5-4-6-11(9-10)14(19)18-15(20)17-13-8-3-2-7-12(13)16/h2-9H,1H3,(H2,17,18,19,20). The van der Waals surface area contributed by atoms with Crippen LogP contribution in [0.2, 0.25) is 0 Å². The fourth-order valence-electron chi connectivity index (χ4n) is 1.68. The molecule has 0 aromatic heterocycles. The molecule has 0 aliphatic rings. The molecule has 2 aromatic rings. The molecule has 5 heteroatoms. The first kappa shape index (κ1) is 14.1. The van der Waals surface area contributed by atoms with E-state index >= 15 is 0 Å². The van der Waals surface area contributed by atoms with Crippen molar-refractivity contribution in [3.05, 3.63) is 65.5 Å². The van der Waals surface area contributed by atoms with Crippen molar-refractivity contribution < 1.29 is 9.18 Å². The van der Waals surface area contributed by atoms with Crippen LogP contribution >= 0.6 is 12.2 Å². The van der Waals surface area contributed by atoms with Crippen molar-refractivity contribution in [2.24, 2.45) is 0 Å². The number of para-hydroxylation sites is 1. The van der Waals surface area contributed by atoms with Crippen LogP contribution in [0.5, 0.6) is 0 Å². The van der Waals surface area contributed by atoms with Crippen LogP contribution in [-0.2, 0) is 0 Å². The summed E-state index contributed by atoms with van der Waals surface area (Å²) in [6, 6.07) is 13.2. The second-order valence-electron chi connectivity index (χ2n) is 4.26. The summed E-state index contributed by atoms with van der Waals surface area (Å²) in [5, 5.41) is 5.22. The zero-order chi connectivity index (χ0) is 14.5. The lowest BCUT2D eigenvalue weighted by atomic mass is 10.1. The van der Waals surface area contributed by atoms with Crippen LogP contribution in [0, 0.1) is 12.7 Å². The Morgan fingerprint density at radius 2 is 1.90 bits per heavy atom. The highest BCUT2D eigenvalue weighted by molar-refractivity contribution is 7.80. The fraction of sp³-hybridized carbons (Fsp3) is 0.0667. The molecule has 20 heavy (non-hydrogen) atoms. The largest absolute Gasteiger partial charge is 0.330 e. The number of nitrogens with one attached hydrogen (secondary N) is 2. The Morgan fingerprint density at radius 1 is 1.15 bits per heavy atom. The van der Waals surface area contributed by atoms with Crippen LogP contribution in [0.25, 0.3) is 0 Å². The minimum absolute atomic E-state index is 0.0570. The second-order valence-corrected chi connectivity index (χ2v) is 4.67. The molecule has 0 spiro atoms. The average molecular weight is 288 g/mol. The van der Waals surface area contributed by atoms with Crippen molar-refractivity contribution >= 4 is 28.9 Å². The van der Waals surface area contributed by atoms with Gasteiger partial charge in [-0.15, -0.1) is 0 Å². The number of halogens is 1. The van der Waals surface area contributed by atoms with E-state index in [0.29, 0.717) is 5.56 Å². The van der Waals surface area contributed by atoms with Crippen LogP contribution in [0.15, 0.2) is 48.5 Å². The van der Waals surface area contributed by atoms with Gasteiger partial charge in [-0.2, -0.15) is 0 Å². The van der Waals surface area contributed by atoms with Crippen LogP contribution in [0.3, 0.4) is 0 Å². The van der Waals surface area contributed by atoms with E-state index in [2.05, 4.69) is 10.6 Å². The van der Waals surface area contributed by atoms with Crippen molar-refractivity contribution in [2.75, 3.05) is 5.32 Å². The number of thiocarbonyl (C=S) groups is 1. The molecule has 0 saturated carbocycles. The SMILES string of the molecule is Cc1cccc(C(=O)NC(=S)Nc2ccccc2F)c1. The highest BCUT2D eigenvalue weighted by Gasteiger charge is 2.09. The third-order valence-electron chi connectivity index (χ3n) is 2.63. The molecule has 102 valence electrons. The highest BCUT2D eigenvalue weighted by Crippen LogP contribution is 2.12. The molecule has 0 aliphatic carbocycles. The summed E-state index contributed by atoms with van der Waals surface area (Å²) in [5.41, 5.74) is 1.70. The Hall–Kier alpha value is -2.27. The summed E-state index contributed by atoms with van der Waals surface area (Å²) in [5.74, 6) is -0.762. The number of amides is 1. The van der Waals surface area contributed by atoms with Gasteiger partial charge in [0, 0.05) is 5.56 Å². The van der Waals surface area contributed by atoms with Crippen LogP contribution in [-0.4, -0.2) is 11.0 Å². The van der Waals surface area contributed by atoms with Crippen LogP contribution < -0.4 is 10.6 Å². The summed E-state index contributed by atoms with van der Waals surface area (Å²) < 4.78 is 13.4. The lowest BCUT2D eigenvalue weighted by Gasteiger charge is -2.10. The predicted molar refractivity (Wildman–Crippen MR) is 81.3 cm³/mol. The van der Waals surface area contributed by atoms with Crippen LogP contribution in [0.4, 0.5) is 10.1 Å². The molecule has 0 atom stereocenters. The van der Waals surface area contributed by atoms with Crippen molar-refractivity contribution in [1.29, 1.82) is 0 Å². The first-order valence-electron chi connectivity index (χ1n) is 6.00. The Labute approximate surface area is 121 Å². The maximum absolute atomic E-state index is 13.4. The number of benzene rings is 2. The quantitative estimate of drug-likeness (QED) is 0.833. The van der Waals surface area contributed by atoms with Gasteiger partial charge in [-0.05, 0) is 43.4 Å². The van der Waals surface area contributed by atoms with E-state index in [1.54, 1.807) is 36.4 Å². The monoisotopic (exact) mass is 288 g/mol. The summed E-state index contributed by atoms with van der Waals surface area (Å²) in [7, 11) is 0. The molecular formula is C15H13FN2OS. The number of carbonyl (C=O) groups is 1. The van der Waals surface area contributed by atoms with E-state index in [9.17, 15) is 9.18 Å². The average Bonchev–Trinajstić information content (AvgIpc) is 2.41. The Morgan fingerprint density at radius 3 is 2.60 bits per heavy atom. The van der Waals surface area contributed by atoms with E-state index in [4.69, 9.17) is 12.2 Å². The molecule has 0 unspecified atom stereocenters. The molecule has 0 aliphatic heterocycles. The van der Waals surface area contributed by atoms with Gasteiger partial charge in [0.25, 0.3) is 5.91 Å². The summed E-state index contributed by atoms with van der Waals surface area (Å²) >= 11 is 5.00. The smallest absolute Gasteiger partial charge is 0.257 e. The molecule has 0 heterocycles. The third-order valence-corrected chi connectivity index (χ3v) is 2.83. The van der Waals surface area contributed by atoms with Gasteiger partial charge in [0.05, 0.1) is 5.69 Å². The summed E-state index contributed by atoms with van der Waals surface area (Å²) in [6.45, 7) is 1.90. The van der Waals surface area contributed by atoms with Gasteiger partial charge in [-0.3, -0.25) is 10.1 Å². The molecule has 3 nitrogen and oxygen atoms in total. The molecule has 2 N–H and O–H groups in total. The molecule has 0 saturated heterocycles. The molecule has 0 bridgehead atoms. The lowest BCUT2D eigenvalue weighted by molar-refractivity contribution is 0.0977. The number of rotatable bonds is 2. The molecular weight excluding hydrogens is 275 g/mol. The van der Waals surface area contributed by atoms with Gasteiger partial charge < -0.3 is 5.32 Å². The number of aryl methyl sites for hydroxylation is 1. The lowest BCUT2D eigenvalue weighted by Crippen LogP contribution is -2.34. The minimum Gasteiger partial charge on any atom is -0.330 e. The van der Waals surface area contributed by atoms with Gasteiger partial charge in [-0.25, -0.2) is 4.39 Å². The first-order chi connectivity index (χ1) is 9.56. The number of carbonyl (C=O) groups excluding carboxylic acids is 1. The Balaban J connectivity index is 2.02. The molecule has 0 radical (unpaired) electrons. The molecule has 2 rings (SSSR count).